The summed E-state index contributed by atoms with van der Waals surface area (Å²) in [7, 11) is 1.61. The van der Waals surface area contributed by atoms with Gasteiger partial charge in [0.1, 0.15) is 0 Å². The molecule has 0 radical (unpaired) electrons. The van der Waals surface area contributed by atoms with E-state index in [0.717, 1.165) is 59.0 Å². The third kappa shape index (κ3) is 5.27. The fourth-order valence-corrected chi connectivity index (χ4v) is 4.55. The molecule has 7 nitrogen and oxygen atoms in total. The van der Waals surface area contributed by atoms with Gasteiger partial charge in [-0.15, -0.1) is 0 Å². The van der Waals surface area contributed by atoms with Crippen LogP contribution in [0.4, 0.5) is 13.2 Å². The number of carbonyl (C=O) groups is 1. The van der Waals surface area contributed by atoms with Crippen LogP contribution in [0.25, 0.3) is 5.69 Å². The molecule has 1 aliphatic carbocycles. The number of nitrogens with zero attached hydrogens (tertiary/aromatic N) is 4. The summed E-state index contributed by atoms with van der Waals surface area (Å²) in [6.45, 7) is 1.37. The van der Waals surface area contributed by atoms with Crippen LogP contribution in [0.15, 0.2) is 58.1 Å². The van der Waals surface area contributed by atoms with Gasteiger partial charge >= 0.3 is 11.9 Å². The molecule has 1 aromatic heterocycles. The number of rotatable bonds is 5. The highest BCUT2D eigenvalue weighted by Gasteiger charge is 2.31. The highest BCUT2D eigenvalue weighted by atomic mass is 19.4. The highest BCUT2D eigenvalue weighted by molar-refractivity contribution is 5.91. The van der Waals surface area contributed by atoms with Gasteiger partial charge < -0.3 is 4.90 Å². The van der Waals surface area contributed by atoms with E-state index in [-0.39, 0.29) is 11.6 Å². The smallest absolute Gasteiger partial charge is 0.337 e. The van der Waals surface area contributed by atoms with Crippen LogP contribution in [-0.4, -0.2) is 38.2 Å². The Labute approximate surface area is 205 Å². The molecule has 36 heavy (non-hydrogen) atoms. The average Bonchev–Trinajstić information content (AvgIpc) is 2.86. The third-order valence-corrected chi connectivity index (χ3v) is 6.55. The molecule has 4 rings (SSSR count). The van der Waals surface area contributed by atoms with Crippen LogP contribution in [0.5, 0.6) is 0 Å². The Bertz CT molecular complexity index is 1390. The molecule has 1 saturated carbocycles. The molecular formula is C26H27F3N4O3. The van der Waals surface area contributed by atoms with Crippen LogP contribution in [0.3, 0.4) is 0 Å². The second-order valence-electron chi connectivity index (χ2n) is 9.18. The lowest BCUT2D eigenvalue weighted by Gasteiger charge is -2.30. The molecule has 0 aliphatic heterocycles. The first kappa shape index (κ1) is 25.4. The maximum absolute atomic E-state index is 13.4. The molecule has 2 aromatic carbocycles. The lowest BCUT2D eigenvalue weighted by Crippen LogP contribution is -2.48. The van der Waals surface area contributed by atoms with Crippen molar-refractivity contribution in [1.82, 2.24) is 19.2 Å². The Morgan fingerprint density at radius 2 is 1.75 bits per heavy atom. The molecule has 1 aliphatic rings. The van der Waals surface area contributed by atoms with Gasteiger partial charge in [0.25, 0.3) is 11.5 Å². The van der Waals surface area contributed by atoms with E-state index in [0.29, 0.717) is 5.69 Å². The minimum absolute atomic E-state index is 0.0521. The van der Waals surface area contributed by atoms with Crippen LogP contribution in [0, 0.1) is 6.92 Å². The van der Waals surface area contributed by atoms with E-state index < -0.39 is 41.1 Å². The van der Waals surface area contributed by atoms with Crippen LogP contribution >= 0.6 is 0 Å². The lowest BCUT2D eigenvalue weighted by molar-refractivity contribution is -0.137. The van der Waals surface area contributed by atoms with Crippen molar-refractivity contribution >= 4 is 5.91 Å². The van der Waals surface area contributed by atoms with E-state index in [2.05, 4.69) is 5.10 Å². The van der Waals surface area contributed by atoms with Crippen molar-refractivity contribution in [3.8, 4) is 5.69 Å². The van der Waals surface area contributed by atoms with E-state index in [4.69, 9.17) is 0 Å². The number of alkyl halides is 3. The molecule has 0 N–H and O–H groups in total. The average molecular weight is 501 g/mol. The minimum atomic E-state index is -4.58. The zero-order chi connectivity index (χ0) is 26.0. The molecule has 0 unspecified atom stereocenters. The van der Waals surface area contributed by atoms with Crippen LogP contribution < -0.4 is 11.2 Å². The molecule has 1 heterocycles. The van der Waals surface area contributed by atoms with Crippen molar-refractivity contribution < 1.29 is 18.0 Å². The second kappa shape index (κ2) is 10.1. The Kier molecular flexibility index (Phi) is 7.14. The first-order chi connectivity index (χ1) is 17.1. The van der Waals surface area contributed by atoms with Gasteiger partial charge in [-0.05, 0) is 55.2 Å². The molecule has 0 atom stereocenters. The molecule has 1 amide bonds. The molecule has 1 fully saturated rings. The van der Waals surface area contributed by atoms with Gasteiger partial charge in [-0.1, -0.05) is 43.5 Å². The Hall–Kier alpha value is -3.69. The molecule has 0 saturated heterocycles. The van der Waals surface area contributed by atoms with Crippen molar-refractivity contribution in [3.05, 3.63) is 91.8 Å². The summed E-state index contributed by atoms with van der Waals surface area (Å²) in [5, 5.41) is 4.16. The summed E-state index contributed by atoms with van der Waals surface area (Å²) in [5.74, 6) is -0.619. The Balaban J connectivity index is 1.84. The van der Waals surface area contributed by atoms with Gasteiger partial charge in [0.15, 0.2) is 0 Å². The first-order valence-corrected chi connectivity index (χ1v) is 11.8. The maximum Gasteiger partial charge on any atom is 0.416 e. The van der Waals surface area contributed by atoms with Crippen LogP contribution in [0.1, 0.15) is 59.3 Å². The second-order valence-corrected chi connectivity index (χ2v) is 9.18. The van der Waals surface area contributed by atoms with Crippen LogP contribution in [-0.2, 0) is 12.7 Å². The quantitative estimate of drug-likeness (QED) is 0.527. The predicted octanol–water partition coefficient (Wildman–Crippen LogP) is 4.17. The topological polar surface area (TPSA) is 77.2 Å². The standard InChI is InChI=1S/C26H27F3N4O3/c1-17-8-6-13-21(14-17)33-25(36)32(16-18-9-7-10-19(15-18)26(27,28)29)24(35)22(30-33)23(34)31(2)20-11-4-3-5-12-20/h6-10,13-15,20H,3-5,11-12,16H2,1-2H3. The van der Waals surface area contributed by atoms with E-state index in [1.165, 1.54) is 17.0 Å². The Morgan fingerprint density at radius 3 is 2.42 bits per heavy atom. The van der Waals surface area contributed by atoms with Crippen molar-refractivity contribution in [2.24, 2.45) is 0 Å². The number of carbonyl (C=O) groups excluding carboxylic acids is 1. The first-order valence-electron chi connectivity index (χ1n) is 11.8. The van der Waals surface area contributed by atoms with Crippen LogP contribution in [0.2, 0.25) is 0 Å². The number of hydrogen-bond acceptors (Lipinski definition) is 4. The normalized spacial score (nSPS) is 14.6. The summed E-state index contributed by atoms with van der Waals surface area (Å²) in [4.78, 5) is 41.6. The maximum atomic E-state index is 13.4. The van der Waals surface area contributed by atoms with Gasteiger partial charge in [0.2, 0.25) is 5.69 Å². The SMILES string of the molecule is Cc1cccc(-n2nc(C(=O)N(C)C3CCCCC3)c(=O)n(Cc3cccc(C(F)(F)F)c3)c2=O)c1. The summed E-state index contributed by atoms with van der Waals surface area (Å²) in [6, 6.07) is 11.2. The van der Waals surface area contributed by atoms with Crippen molar-refractivity contribution in [3.63, 3.8) is 0 Å². The monoisotopic (exact) mass is 500 g/mol. The number of amides is 1. The van der Waals surface area contributed by atoms with E-state index in [1.54, 1.807) is 25.2 Å². The number of halogens is 3. The van der Waals surface area contributed by atoms with Crippen molar-refractivity contribution in [2.45, 2.75) is 57.8 Å². The number of benzene rings is 2. The molecule has 190 valence electrons. The van der Waals surface area contributed by atoms with E-state index in [1.807, 2.05) is 13.0 Å². The summed E-state index contributed by atoms with van der Waals surface area (Å²) < 4.78 is 41.4. The lowest BCUT2D eigenvalue weighted by atomic mass is 9.94. The number of aromatic nitrogens is 3. The number of hydrogen-bond donors (Lipinski definition) is 0. The van der Waals surface area contributed by atoms with Gasteiger partial charge in [-0.2, -0.15) is 23.0 Å². The fraction of sp³-hybridized carbons (Fsp3) is 0.385. The van der Waals surface area contributed by atoms with Gasteiger partial charge in [0, 0.05) is 13.1 Å². The Morgan fingerprint density at radius 1 is 1.06 bits per heavy atom. The summed E-state index contributed by atoms with van der Waals surface area (Å²) >= 11 is 0. The third-order valence-electron chi connectivity index (χ3n) is 6.55. The van der Waals surface area contributed by atoms with Crippen molar-refractivity contribution in [2.75, 3.05) is 7.05 Å². The molecular weight excluding hydrogens is 473 g/mol. The van der Waals surface area contributed by atoms with Gasteiger partial charge in [-0.3, -0.25) is 14.2 Å². The highest BCUT2D eigenvalue weighted by Crippen LogP contribution is 2.29. The molecule has 0 spiro atoms. The summed E-state index contributed by atoms with van der Waals surface area (Å²) in [6.07, 6.45) is 0.0522. The van der Waals surface area contributed by atoms with Crippen molar-refractivity contribution in [1.29, 1.82) is 0 Å². The molecule has 3 aromatic rings. The van der Waals surface area contributed by atoms with Gasteiger partial charge in [0.05, 0.1) is 17.8 Å². The largest absolute Gasteiger partial charge is 0.416 e. The number of aryl methyl sites for hydroxylation is 1. The molecule has 0 bridgehead atoms. The molecule has 10 heteroatoms. The van der Waals surface area contributed by atoms with Gasteiger partial charge in [-0.25, -0.2) is 4.79 Å². The zero-order valence-corrected chi connectivity index (χ0v) is 20.1. The zero-order valence-electron chi connectivity index (χ0n) is 20.1. The summed E-state index contributed by atoms with van der Waals surface area (Å²) in [5.41, 5.74) is -1.86. The minimum Gasteiger partial charge on any atom is -0.337 e. The van der Waals surface area contributed by atoms with E-state index >= 15 is 0 Å². The fourth-order valence-electron chi connectivity index (χ4n) is 4.55. The predicted molar refractivity (Wildman–Crippen MR) is 128 cm³/mol. The van der Waals surface area contributed by atoms with E-state index in [9.17, 15) is 27.6 Å².